The topological polar surface area (TPSA) is 116 Å². The SMILES string of the molecule is Cc1cccc(NC(=O)[C@@H]2CC(=O)Nc3nc(Nc4cc(Cl)cc(Cl)c4)[nH]c(=O)c32)c1. The summed E-state index contributed by atoms with van der Waals surface area (Å²) in [5, 5.41) is 9.02. The van der Waals surface area contributed by atoms with Crippen molar-refractivity contribution in [3.8, 4) is 0 Å². The van der Waals surface area contributed by atoms with E-state index in [0.717, 1.165) is 5.56 Å². The van der Waals surface area contributed by atoms with Gasteiger partial charge in [-0.25, -0.2) is 0 Å². The Bertz CT molecular complexity index is 1240. The number of rotatable bonds is 4. The van der Waals surface area contributed by atoms with Crippen LogP contribution in [0.5, 0.6) is 0 Å². The van der Waals surface area contributed by atoms with Crippen LogP contribution in [-0.2, 0) is 9.59 Å². The number of anilines is 4. The molecule has 0 saturated carbocycles. The van der Waals surface area contributed by atoms with E-state index in [9.17, 15) is 14.4 Å². The number of carbonyl (C=O) groups excluding carboxylic acids is 2. The molecule has 4 rings (SSSR count). The molecular formula is C21H17Cl2N5O3. The predicted molar refractivity (Wildman–Crippen MR) is 120 cm³/mol. The van der Waals surface area contributed by atoms with Crippen LogP contribution in [-0.4, -0.2) is 21.8 Å². The van der Waals surface area contributed by atoms with Gasteiger partial charge in [-0.3, -0.25) is 19.4 Å². The van der Waals surface area contributed by atoms with Crippen molar-refractivity contribution in [2.24, 2.45) is 0 Å². The monoisotopic (exact) mass is 457 g/mol. The van der Waals surface area contributed by atoms with Crippen LogP contribution in [0.4, 0.5) is 23.1 Å². The Hall–Kier alpha value is -3.36. The van der Waals surface area contributed by atoms with Crippen molar-refractivity contribution in [1.29, 1.82) is 0 Å². The van der Waals surface area contributed by atoms with E-state index in [1.165, 1.54) is 0 Å². The molecule has 0 saturated heterocycles. The molecule has 2 heterocycles. The first-order valence-electron chi connectivity index (χ1n) is 9.33. The fourth-order valence-electron chi connectivity index (χ4n) is 3.37. The number of H-pyrrole nitrogens is 1. The maximum atomic E-state index is 12.9. The van der Waals surface area contributed by atoms with Crippen LogP contribution in [0, 0.1) is 6.92 Å². The normalized spacial score (nSPS) is 15.1. The molecule has 1 aliphatic rings. The molecule has 0 aliphatic carbocycles. The molecule has 0 fully saturated rings. The van der Waals surface area contributed by atoms with Crippen LogP contribution in [0.15, 0.2) is 47.3 Å². The zero-order chi connectivity index (χ0) is 22.1. The van der Waals surface area contributed by atoms with E-state index in [0.29, 0.717) is 21.4 Å². The average Bonchev–Trinajstić information content (AvgIpc) is 2.66. The van der Waals surface area contributed by atoms with E-state index in [2.05, 4.69) is 25.9 Å². The van der Waals surface area contributed by atoms with Gasteiger partial charge >= 0.3 is 0 Å². The van der Waals surface area contributed by atoms with E-state index >= 15 is 0 Å². The van der Waals surface area contributed by atoms with Gasteiger partial charge < -0.3 is 16.0 Å². The third-order valence-electron chi connectivity index (χ3n) is 4.68. The molecule has 4 N–H and O–H groups in total. The van der Waals surface area contributed by atoms with Gasteiger partial charge in [0.1, 0.15) is 5.82 Å². The Morgan fingerprint density at radius 1 is 1.10 bits per heavy atom. The summed E-state index contributed by atoms with van der Waals surface area (Å²) in [4.78, 5) is 44.8. The second-order valence-corrected chi connectivity index (χ2v) is 8.00. The molecule has 1 aromatic heterocycles. The Morgan fingerprint density at radius 3 is 2.55 bits per heavy atom. The maximum Gasteiger partial charge on any atom is 0.258 e. The van der Waals surface area contributed by atoms with Gasteiger partial charge in [-0.1, -0.05) is 35.3 Å². The number of hydrogen-bond acceptors (Lipinski definition) is 5. The van der Waals surface area contributed by atoms with Crippen molar-refractivity contribution in [3.63, 3.8) is 0 Å². The molecule has 0 unspecified atom stereocenters. The molecule has 8 nitrogen and oxygen atoms in total. The number of nitrogens with one attached hydrogen (secondary N) is 4. The van der Waals surface area contributed by atoms with Crippen molar-refractivity contribution in [2.45, 2.75) is 19.3 Å². The molecule has 31 heavy (non-hydrogen) atoms. The number of aromatic amines is 1. The lowest BCUT2D eigenvalue weighted by atomic mass is 9.92. The first-order valence-corrected chi connectivity index (χ1v) is 10.1. The minimum Gasteiger partial charge on any atom is -0.326 e. The van der Waals surface area contributed by atoms with Crippen molar-refractivity contribution in [2.75, 3.05) is 16.0 Å². The van der Waals surface area contributed by atoms with Gasteiger partial charge in [0.25, 0.3) is 5.56 Å². The molecule has 0 spiro atoms. The zero-order valence-corrected chi connectivity index (χ0v) is 17.8. The van der Waals surface area contributed by atoms with Gasteiger partial charge in [0, 0.05) is 27.8 Å². The number of hydrogen-bond donors (Lipinski definition) is 4. The van der Waals surface area contributed by atoms with E-state index in [4.69, 9.17) is 23.2 Å². The highest BCUT2D eigenvalue weighted by Crippen LogP contribution is 2.31. The Balaban J connectivity index is 1.65. The van der Waals surface area contributed by atoms with Crippen molar-refractivity contribution < 1.29 is 9.59 Å². The van der Waals surface area contributed by atoms with Crippen molar-refractivity contribution in [1.82, 2.24) is 9.97 Å². The quantitative estimate of drug-likeness (QED) is 0.468. The maximum absolute atomic E-state index is 12.9. The van der Waals surface area contributed by atoms with Crippen LogP contribution >= 0.6 is 23.2 Å². The van der Waals surface area contributed by atoms with E-state index < -0.39 is 23.3 Å². The average molecular weight is 458 g/mol. The van der Waals surface area contributed by atoms with Crippen molar-refractivity contribution >= 4 is 58.2 Å². The standard InChI is InChI=1S/C21H17Cl2N5O3/c1-10-3-2-4-13(5-10)24-19(30)15-9-16(29)26-18-17(15)20(31)28-21(27-18)25-14-7-11(22)6-12(23)8-14/h2-8,15H,9H2,1H3,(H,24,30)(H3,25,26,27,28,29,31)/t15-/m1/s1. The highest BCUT2D eigenvalue weighted by Gasteiger charge is 2.34. The van der Waals surface area contributed by atoms with Crippen molar-refractivity contribution in [3.05, 3.63) is 74.0 Å². The minimum atomic E-state index is -0.977. The Morgan fingerprint density at radius 2 is 1.84 bits per heavy atom. The molecule has 1 aliphatic heterocycles. The number of halogens is 2. The smallest absolute Gasteiger partial charge is 0.258 e. The molecular weight excluding hydrogens is 441 g/mol. The number of fused-ring (bicyclic) bond motifs is 1. The van der Waals surface area contributed by atoms with E-state index in [1.54, 1.807) is 36.4 Å². The molecule has 2 aromatic carbocycles. The van der Waals surface area contributed by atoms with Crippen LogP contribution in [0.3, 0.4) is 0 Å². The predicted octanol–water partition coefficient (Wildman–Crippen LogP) is 4.19. The van der Waals surface area contributed by atoms with Crippen LogP contribution in [0.1, 0.15) is 23.5 Å². The van der Waals surface area contributed by atoms with Gasteiger partial charge in [0.15, 0.2) is 0 Å². The highest BCUT2D eigenvalue weighted by atomic mass is 35.5. The van der Waals surface area contributed by atoms with Crippen LogP contribution in [0.2, 0.25) is 10.0 Å². The van der Waals surface area contributed by atoms with Gasteiger partial charge in [-0.15, -0.1) is 0 Å². The summed E-state index contributed by atoms with van der Waals surface area (Å²) in [7, 11) is 0. The van der Waals surface area contributed by atoms with Gasteiger partial charge in [-0.05, 0) is 42.8 Å². The first-order chi connectivity index (χ1) is 14.8. The molecule has 10 heteroatoms. The lowest BCUT2D eigenvalue weighted by Crippen LogP contribution is -2.36. The summed E-state index contributed by atoms with van der Waals surface area (Å²) in [5.74, 6) is -1.75. The van der Waals surface area contributed by atoms with Crippen LogP contribution < -0.4 is 21.5 Å². The fraction of sp³-hybridized carbons (Fsp3) is 0.143. The summed E-state index contributed by atoms with van der Waals surface area (Å²) in [6.45, 7) is 1.90. The zero-order valence-electron chi connectivity index (χ0n) is 16.3. The van der Waals surface area contributed by atoms with E-state index in [1.807, 2.05) is 13.0 Å². The summed E-state index contributed by atoms with van der Waals surface area (Å²) >= 11 is 12.0. The second kappa shape index (κ2) is 8.41. The summed E-state index contributed by atoms with van der Waals surface area (Å²) < 4.78 is 0. The third-order valence-corrected chi connectivity index (χ3v) is 5.11. The highest BCUT2D eigenvalue weighted by molar-refractivity contribution is 6.35. The largest absolute Gasteiger partial charge is 0.326 e. The third kappa shape index (κ3) is 4.70. The van der Waals surface area contributed by atoms with Gasteiger partial charge in [-0.2, -0.15) is 4.98 Å². The minimum absolute atomic E-state index is 0.0278. The second-order valence-electron chi connectivity index (χ2n) is 7.12. The number of nitrogens with zero attached hydrogens (tertiary/aromatic N) is 1. The molecule has 2 amide bonds. The molecule has 158 valence electrons. The molecule has 0 radical (unpaired) electrons. The number of carbonyl (C=O) groups is 2. The Kier molecular flexibility index (Phi) is 5.67. The number of aromatic nitrogens is 2. The summed E-state index contributed by atoms with van der Waals surface area (Å²) in [6.07, 6.45) is -0.161. The van der Waals surface area contributed by atoms with Gasteiger partial charge in [0.05, 0.1) is 11.5 Å². The van der Waals surface area contributed by atoms with E-state index in [-0.39, 0.29) is 23.8 Å². The molecule has 0 bridgehead atoms. The Labute approximate surface area is 187 Å². The van der Waals surface area contributed by atoms with Gasteiger partial charge in [0.2, 0.25) is 17.8 Å². The number of benzene rings is 2. The molecule has 3 aromatic rings. The summed E-state index contributed by atoms with van der Waals surface area (Å²) in [5.41, 5.74) is 1.61. The lowest BCUT2D eigenvalue weighted by Gasteiger charge is -2.23. The summed E-state index contributed by atoms with van der Waals surface area (Å²) in [6, 6.07) is 12.0. The van der Waals surface area contributed by atoms with Crippen LogP contribution in [0.25, 0.3) is 0 Å². The fourth-order valence-corrected chi connectivity index (χ4v) is 3.90. The molecule has 1 atom stereocenters. The lowest BCUT2D eigenvalue weighted by molar-refractivity contribution is -0.123. The number of amides is 2. The first kappa shape index (κ1) is 20.9. The number of aryl methyl sites for hydroxylation is 1.